The third-order valence-corrected chi connectivity index (χ3v) is 6.55. The second-order valence-electron chi connectivity index (χ2n) is 9.01. The molecule has 40 heavy (non-hydrogen) atoms. The van der Waals surface area contributed by atoms with Crippen LogP contribution >= 0.6 is 0 Å². The Balaban J connectivity index is 0.000000681. The van der Waals surface area contributed by atoms with Gasteiger partial charge < -0.3 is 14.4 Å². The van der Waals surface area contributed by atoms with Crippen LogP contribution in [0.2, 0.25) is 0 Å². The molecule has 12 nitrogen and oxygen atoms in total. The number of aromatic nitrogens is 3. The number of nitrogens with one attached hydrogen (secondary N) is 1. The summed E-state index contributed by atoms with van der Waals surface area (Å²) in [6.07, 6.45) is 4.25. The molecule has 0 saturated carbocycles. The molecule has 0 amide bonds. The van der Waals surface area contributed by atoms with Crippen molar-refractivity contribution in [1.82, 2.24) is 15.0 Å². The van der Waals surface area contributed by atoms with Crippen molar-refractivity contribution in [3.8, 4) is 22.9 Å². The first-order chi connectivity index (χ1) is 18.9. The predicted octanol–water partition coefficient (Wildman–Crippen LogP) is 3.15. The molecule has 2 aromatic heterocycles. The largest absolute Gasteiger partial charge is 0.496 e. The summed E-state index contributed by atoms with van der Waals surface area (Å²) in [6, 6.07) is 15.1. The summed E-state index contributed by atoms with van der Waals surface area (Å²) in [4.78, 5) is 16.2. The Bertz CT molecular complexity index is 1740. The number of pyridine rings is 1. The number of fused-ring (bicyclic) bond motifs is 2. The number of methoxy groups -OCH3 is 2. The highest BCUT2D eigenvalue weighted by Gasteiger charge is 2.25. The Kier molecular flexibility index (Phi) is 8.42. The standard InChI is InChI=1S/C25H25N5O4S.CH4O3S/c1-33-21-11-10-20-23(22(21)19-8-4-5-13-26-19)24(34-2)28-25(27-20)30-14-12-17-16(15-30)7-6-9-18(17)29-35(3,31)32;1-5(2,3)4/h4-11,13,29H,12,14-15H2,1-3H3;1H3,(H,2,3,4). The van der Waals surface area contributed by atoms with Crippen molar-refractivity contribution in [3.05, 3.63) is 65.9 Å². The van der Waals surface area contributed by atoms with E-state index in [9.17, 15) is 16.8 Å². The molecule has 0 unspecified atom stereocenters. The quantitative estimate of drug-likeness (QED) is 0.319. The van der Waals surface area contributed by atoms with Crippen LogP contribution < -0.4 is 19.1 Å². The number of nitrogens with zero attached hydrogens (tertiary/aromatic N) is 4. The number of benzene rings is 2. The molecule has 0 atom stereocenters. The molecule has 0 fully saturated rings. The molecule has 2 aromatic carbocycles. The average Bonchev–Trinajstić information content (AvgIpc) is 2.90. The van der Waals surface area contributed by atoms with Crippen molar-refractivity contribution >= 4 is 42.7 Å². The van der Waals surface area contributed by atoms with Crippen LogP contribution in [0.25, 0.3) is 22.2 Å². The lowest BCUT2D eigenvalue weighted by atomic mass is 9.98. The van der Waals surface area contributed by atoms with E-state index in [4.69, 9.17) is 24.0 Å². The Morgan fingerprint density at radius 2 is 1.70 bits per heavy atom. The van der Waals surface area contributed by atoms with Gasteiger partial charge in [-0.2, -0.15) is 13.4 Å². The maximum absolute atomic E-state index is 11.8. The van der Waals surface area contributed by atoms with Gasteiger partial charge in [0.15, 0.2) is 0 Å². The summed E-state index contributed by atoms with van der Waals surface area (Å²) in [5.74, 6) is 1.63. The first-order valence-corrected chi connectivity index (χ1v) is 15.7. The highest BCUT2D eigenvalue weighted by Crippen LogP contribution is 2.40. The molecule has 0 spiro atoms. The van der Waals surface area contributed by atoms with E-state index in [0.29, 0.717) is 54.5 Å². The van der Waals surface area contributed by atoms with Crippen molar-refractivity contribution in [2.45, 2.75) is 13.0 Å². The Morgan fingerprint density at radius 3 is 2.33 bits per heavy atom. The van der Waals surface area contributed by atoms with E-state index in [1.807, 2.05) is 42.5 Å². The second-order valence-corrected chi connectivity index (χ2v) is 12.2. The van der Waals surface area contributed by atoms with Crippen LogP contribution in [0.15, 0.2) is 54.7 Å². The fourth-order valence-electron chi connectivity index (χ4n) is 4.46. The molecule has 2 N–H and O–H groups in total. The molecule has 5 rings (SSSR count). The van der Waals surface area contributed by atoms with Gasteiger partial charge in [0.05, 0.1) is 54.6 Å². The van der Waals surface area contributed by atoms with E-state index in [1.165, 1.54) is 0 Å². The Morgan fingerprint density at radius 1 is 0.950 bits per heavy atom. The minimum absolute atomic E-state index is 0.433. The van der Waals surface area contributed by atoms with Gasteiger partial charge in [0.25, 0.3) is 10.1 Å². The molecule has 0 aliphatic carbocycles. The summed E-state index contributed by atoms with van der Waals surface area (Å²) in [6.45, 7) is 1.18. The van der Waals surface area contributed by atoms with Gasteiger partial charge in [0.2, 0.25) is 21.9 Å². The summed E-state index contributed by atoms with van der Waals surface area (Å²) < 4.78 is 63.4. The zero-order chi connectivity index (χ0) is 29.1. The van der Waals surface area contributed by atoms with Crippen LogP contribution in [0.1, 0.15) is 11.1 Å². The van der Waals surface area contributed by atoms with E-state index >= 15 is 0 Å². The lowest BCUT2D eigenvalue weighted by molar-refractivity contribution is 0.401. The van der Waals surface area contributed by atoms with Crippen molar-refractivity contribution in [2.75, 3.05) is 42.9 Å². The predicted molar refractivity (Wildman–Crippen MR) is 153 cm³/mol. The lowest BCUT2D eigenvalue weighted by Crippen LogP contribution is -2.32. The third-order valence-electron chi connectivity index (χ3n) is 5.96. The van der Waals surface area contributed by atoms with Gasteiger partial charge in [0.1, 0.15) is 5.75 Å². The molecule has 4 aromatic rings. The number of hydrogen-bond acceptors (Lipinski definition) is 10. The highest BCUT2D eigenvalue weighted by molar-refractivity contribution is 7.92. The van der Waals surface area contributed by atoms with E-state index in [2.05, 4.69) is 14.6 Å². The molecular formula is C26H29N5O7S2. The van der Waals surface area contributed by atoms with Crippen LogP contribution in [0, 0.1) is 0 Å². The first-order valence-electron chi connectivity index (χ1n) is 12.0. The minimum Gasteiger partial charge on any atom is -0.496 e. The van der Waals surface area contributed by atoms with Crippen molar-refractivity contribution < 1.29 is 30.9 Å². The smallest absolute Gasteiger partial charge is 0.261 e. The topological polar surface area (TPSA) is 161 Å². The minimum atomic E-state index is -3.67. The first kappa shape index (κ1) is 29.0. The van der Waals surface area contributed by atoms with Crippen LogP contribution in [-0.2, 0) is 33.1 Å². The van der Waals surface area contributed by atoms with Gasteiger partial charge >= 0.3 is 0 Å². The van der Waals surface area contributed by atoms with Crippen molar-refractivity contribution in [1.29, 1.82) is 0 Å². The van der Waals surface area contributed by atoms with Crippen molar-refractivity contribution in [2.24, 2.45) is 0 Å². The second kappa shape index (κ2) is 11.6. The summed E-state index contributed by atoms with van der Waals surface area (Å²) in [5, 5.41) is 0.728. The van der Waals surface area contributed by atoms with Crippen LogP contribution in [-0.4, -0.2) is 69.6 Å². The molecule has 1 aliphatic rings. The molecule has 0 radical (unpaired) electrons. The average molecular weight is 588 g/mol. The Labute approximate surface area is 232 Å². The van der Waals surface area contributed by atoms with Crippen molar-refractivity contribution in [3.63, 3.8) is 0 Å². The number of hydrogen-bond donors (Lipinski definition) is 2. The van der Waals surface area contributed by atoms with Gasteiger partial charge in [-0.25, -0.2) is 13.4 Å². The van der Waals surface area contributed by atoms with Gasteiger partial charge in [-0.05, 0) is 47.9 Å². The number of ether oxygens (including phenoxy) is 2. The SMILES string of the molecule is COc1ccc2nc(N3CCc4c(cccc4NS(C)(=O)=O)C3)nc(OC)c2c1-c1ccccn1.CS(=O)(=O)O. The zero-order valence-corrected chi connectivity index (χ0v) is 24.0. The van der Waals surface area contributed by atoms with Gasteiger partial charge in [0, 0.05) is 19.3 Å². The fourth-order valence-corrected chi connectivity index (χ4v) is 5.05. The molecule has 0 saturated heterocycles. The molecule has 1 aliphatic heterocycles. The molecule has 0 bridgehead atoms. The number of sulfonamides is 1. The van der Waals surface area contributed by atoms with Gasteiger partial charge in [-0.3, -0.25) is 14.3 Å². The normalized spacial score (nSPS) is 13.2. The maximum atomic E-state index is 11.8. The van der Waals surface area contributed by atoms with E-state index < -0.39 is 20.1 Å². The lowest BCUT2D eigenvalue weighted by Gasteiger charge is -2.30. The molecule has 14 heteroatoms. The zero-order valence-electron chi connectivity index (χ0n) is 22.3. The van der Waals surface area contributed by atoms with Crippen LogP contribution in [0.3, 0.4) is 0 Å². The number of anilines is 2. The van der Waals surface area contributed by atoms with E-state index in [0.717, 1.165) is 34.0 Å². The summed E-state index contributed by atoms with van der Waals surface area (Å²) in [5.41, 5.74) is 4.86. The van der Waals surface area contributed by atoms with Crippen LogP contribution in [0.5, 0.6) is 11.6 Å². The van der Waals surface area contributed by atoms with Crippen LogP contribution in [0.4, 0.5) is 11.6 Å². The molecule has 3 heterocycles. The van der Waals surface area contributed by atoms with Gasteiger partial charge in [-0.1, -0.05) is 18.2 Å². The highest BCUT2D eigenvalue weighted by atomic mass is 32.2. The summed E-state index contributed by atoms with van der Waals surface area (Å²) in [7, 11) is -3.83. The summed E-state index contributed by atoms with van der Waals surface area (Å²) >= 11 is 0. The number of rotatable bonds is 6. The maximum Gasteiger partial charge on any atom is 0.261 e. The fraction of sp³-hybridized carbons (Fsp3) is 0.269. The molecule has 212 valence electrons. The van der Waals surface area contributed by atoms with E-state index in [1.54, 1.807) is 26.5 Å². The monoisotopic (exact) mass is 587 g/mol. The van der Waals surface area contributed by atoms with E-state index in [-0.39, 0.29) is 0 Å². The third kappa shape index (κ3) is 6.94. The van der Waals surface area contributed by atoms with Gasteiger partial charge in [-0.15, -0.1) is 0 Å². The Hall–Kier alpha value is -4.01. The molecular weight excluding hydrogens is 558 g/mol.